The maximum absolute atomic E-state index is 12.1. The number of hydrogen-bond acceptors (Lipinski definition) is 5. The SMILES string of the molecule is CN1CCN(C(=O)Cc2csc(CCCN)n2)CC1. The van der Waals surface area contributed by atoms with Crippen LogP contribution >= 0.6 is 11.3 Å². The fraction of sp³-hybridized carbons (Fsp3) is 0.692. The van der Waals surface area contributed by atoms with Crippen molar-refractivity contribution in [2.45, 2.75) is 19.3 Å². The zero-order chi connectivity index (χ0) is 13.7. The molecule has 1 fully saturated rings. The number of nitrogens with zero attached hydrogens (tertiary/aromatic N) is 3. The quantitative estimate of drug-likeness (QED) is 0.846. The number of thiazole rings is 1. The van der Waals surface area contributed by atoms with E-state index in [0.29, 0.717) is 13.0 Å². The molecule has 19 heavy (non-hydrogen) atoms. The minimum Gasteiger partial charge on any atom is -0.340 e. The summed E-state index contributed by atoms with van der Waals surface area (Å²) in [6, 6.07) is 0. The van der Waals surface area contributed by atoms with E-state index in [-0.39, 0.29) is 5.91 Å². The van der Waals surface area contributed by atoms with E-state index in [1.54, 1.807) is 11.3 Å². The van der Waals surface area contributed by atoms with Crippen LogP contribution in [0.1, 0.15) is 17.1 Å². The van der Waals surface area contributed by atoms with Crippen molar-refractivity contribution < 1.29 is 4.79 Å². The van der Waals surface area contributed by atoms with E-state index in [9.17, 15) is 4.79 Å². The summed E-state index contributed by atoms with van der Waals surface area (Å²) in [6.07, 6.45) is 2.31. The summed E-state index contributed by atoms with van der Waals surface area (Å²) >= 11 is 1.63. The first-order chi connectivity index (χ1) is 9.19. The highest BCUT2D eigenvalue weighted by atomic mass is 32.1. The van der Waals surface area contributed by atoms with Crippen molar-refractivity contribution in [3.05, 3.63) is 16.1 Å². The lowest BCUT2D eigenvalue weighted by molar-refractivity contribution is -0.132. The molecule has 0 aliphatic carbocycles. The third-order valence-corrected chi connectivity index (χ3v) is 4.34. The van der Waals surface area contributed by atoms with E-state index >= 15 is 0 Å². The Morgan fingerprint density at radius 1 is 1.42 bits per heavy atom. The molecule has 1 aromatic heterocycles. The summed E-state index contributed by atoms with van der Waals surface area (Å²) in [4.78, 5) is 20.8. The zero-order valence-corrected chi connectivity index (χ0v) is 12.3. The second kappa shape index (κ2) is 6.98. The first kappa shape index (κ1) is 14.4. The third-order valence-electron chi connectivity index (χ3n) is 3.38. The number of aryl methyl sites for hydroxylation is 1. The van der Waals surface area contributed by atoms with Crippen LogP contribution < -0.4 is 5.73 Å². The molecule has 5 nitrogen and oxygen atoms in total. The minimum atomic E-state index is 0.198. The first-order valence-electron chi connectivity index (χ1n) is 6.78. The minimum absolute atomic E-state index is 0.198. The van der Waals surface area contributed by atoms with Gasteiger partial charge in [-0.15, -0.1) is 11.3 Å². The molecule has 1 aromatic rings. The highest BCUT2D eigenvalue weighted by Gasteiger charge is 2.19. The van der Waals surface area contributed by atoms with Crippen LogP contribution in [0.2, 0.25) is 0 Å². The molecule has 2 N–H and O–H groups in total. The topological polar surface area (TPSA) is 62.5 Å². The van der Waals surface area contributed by atoms with Crippen LogP contribution in [-0.4, -0.2) is 60.5 Å². The lowest BCUT2D eigenvalue weighted by Crippen LogP contribution is -2.47. The van der Waals surface area contributed by atoms with E-state index in [2.05, 4.69) is 16.9 Å². The van der Waals surface area contributed by atoms with Gasteiger partial charge in [0.1, 0.15) is 0 Å². The number of likely N-dealkylation sites (N-methyl/N-ethyl adjacent to an activating group) is 1. The van der Waals surface area contributed by atoms with Crippen molar-refractivity contribution in [3.63, 3.8) is 0 Å². The molecular weight excluding hydrogens is 260 g/mol. The first-order valence-corrected chi connectivity index (χ1v) is 7.66. The van der Waals surface area contributed by atoms with E-state index in [1.807, 2.05) is 10.3 Å². The summed E-state index contributed by atoms with van der Waals surface area (Å²) in [5.41, 5.74) is 6.39. The zero-order valence-electron chi connectivity index (χ0n) is 11.5. The molecule has 106 valence electrons. The number of amides is 1. The molecule has 2 heterocycles. The Morgan fingerprint density at radius 2 is 2.16 bits per heavy atom. The van der Waals surface area contributed by atoms with Gasteiger partial charge < -0.3 is 15.5 Å². The Balaban J connectivity index is 1.83. The van der Waals surface area contributed by atoms with E-state index in [0.717, 1.165) is 49.7 Å². The van der Waals surface area contributed by atoms with Gasteiger partial charge in [0.05, 0.1) is 17.1 Å². The Hall–Kier alpha value is -0.980. The number of nitrogens with two attached hydrogens (primary N) is 1. The van der Waals surface area contributed by atoms with Crippen molar-refractivity contribution >= 4 is 17.2 Å². The van der Waals surface area contributed by atoms with Gasteiger partial charge in [-0.3, -0.25) is 4.79 Å². The molecular formula is C13H22N4OS. The number of carbonyl (C=O) groups is 1. The summed E-state index contributed by atoms with van der Waals surface area (Å²) in [5.74, 6) is 0.198. The Kier molecular flexibility index (Phi) is 5.30. The molecule has 0 spiro atoms. The fourth-order valence-corrected chi connectivity index (χ4v) is 2.96. The summed E-state index contributed by atoms with van der Waals surface area (Å²) in [7, 11) is 2.09. The predicted octanol–water partition coefficient (Wildman–Crippen LogP) is 0.351. The molecule has 0 unspecified atom stereocenters. The Labute approximate surface area is 118 Å². The maximum Gasteiger partial charge on any atom is 0.228 e. The van der Waals surface area contributed by atoms with Crippen LogP contribution in [0, 0.1) is 0 Å². The Bertz CT molecular complexity index is 413. The molecule has 0 radical (unpaired) electrons. The van der Waals surface area contributed by atoms with Gasteiger partial charge in [0.2, 0.25) is 5.91 Å². The number of carbonyl (C=O) groups excluding carboxylic acids is 1. The van der Waals surface area contributed by atoms with Crippen molar-refractivity contribution in [1.82, 2.24) is 14.8 Å². The lowest BCUT2D eigenvalue weighted by atomic mass is 10.2. The molecule has 0 aromatic carbocycles. The van der Waals surface area contributed by atoms with Crippen LogP contribution in [-0.2, 0) is 17.6 Å². The summed E-state index contributed by atoms with van der Waals surface area (Å²) in [6.45, 7) is 4.28. The molecule has 6 heteroatoms. The van der Waals surface area contributed by atoms with Gasteiger partial charge >= 0.3 is 0 Å². The lowest BCUT2D eigenvalue weighted by Gasteiger charge is -2.32. The van der Waals surface area contributed by atoms with Crippen molar-refractivity contribution in [3.8, 4) is 0 Å². The monoisotopic (exact) mass is 282 g/mol. The summed E-state index contributed by atoms with van der Waals surface area (Å²) < 4.78 is 0. The molecule has 0 bridgehead atoms. The number of rotatable bonds is 5. The van der Waals surface area contributed by atoms with Crippen LogP contribution in [0.3, 0.4) is 0 Å². The number of aromatic nitrogens is 1. The molecule has 0 saturated carbocycles. The van der Waals surface area contributed by atoms with Crippen LogP contribution in [0.4, 0.5) is 0 Å². The van der Waals surface area contributed by atoms with E-state index < -0.39 is 0 Å². The summed E-state index contributed by atoms with van der Waals surface area (Å²) in [5, 5.41) is 3.09. The predicted molar refractivity (Wildman–Crippen MR) is 77.3 cm³/mol. The largest absolute Gasteiger partial charge is 0.340 e. The molecule has 0 atom stereocenters. The van der Waals surface area contributed by atoms with E-state index in [4.69, 9.17) is 5.73 Å². The molecule has 2 rings (SSSR count). The average molecular weight is 282 g/mol. The fourth-order valence-electron chi connectivity index (χ4n) is 2.12. The van der Waals surface area contributed by atoms with Gasteiger partial charge in [-0.25, -0.2) is 4.98 Å². The van der Waals surface area contributed by atoms with Gasteiger partial charge in [0.15, 0.2) is 0 Å². The number of hydrogen-bond donors (Lipinski definition) is 1. The van der Waals surface area contributed by atoms with Gasteiger partial charge in [-0.1, -0.05) is 0 Å². The molecule has 1 aliphatic heterocycles. The van der Waals surface area contributed by atoms with Crippen LogP contribution in [0.25, 0.3) is 0 Å². The second-order valence-electron chi connectivity index (χ2n) is 4.99. The standard InChI is InChI=1S/C13H22N4OS/c1-16-5-7-17(8-6-16)13(18)9-11-10-19-12(15-11)3-2-4-14/h10H,2-9,14H2,1H3. The normalized spacial score (nSPS) is 16.8. The average Bonchev–Trinajstić information content (AvgIpc) is 2.84. The smallest absolute Gasteiger partial charge is 0.228 e. The Morgan fingerprint density at radius 3 is 2.84 bits per heavy atom. The van der Waals surface area contributed by atoms with Gasteiger partial charge in [-0.2, -0.15) is 0 Å². The molecule has 1 amide bonds. The highest BCUT2D eigenvalue weighted by molar-refractivity contribution is 7.09. The van der Waals surface area contributed by atoms with Gasteiger partial charge in [0.25, 0.3) is 0 Å². The van der Waals surface area contributed by atoms with Crippen molar-refractivity contribution in [1.29, 1.82) is 0 Å². The van der Waals surface area contributed by atoms with Gasteiger partial charge in [-0.05, 0) is 20.0 Å². The van der Waals surface area contributed by atoms with Gasteiger partial charge in [0, 0.05) is 38.0 Å². The van der Waals surface area contributed by atoms with Crippen molar-refractivity contribution in [2.75, 3.05) is 39.8 Å². The van der Waals surface area contributed by atoms with E-state index in [1.165, 1.54) is 0 Å². The highest BCUT2D eigenvalue weighted by Crippen LogP contribution is 2.13. The molecule has 1 aliphatic rings. The van der Waals surface area contributed by atoms with Crippen LogP contribution in [0.15, 0.2) is 5.38 Å². The maximum atomic E-state index is 12.1. The molecule has 1 saturated heterocycles. The van der Waals surface area contributed by atoms with Crippen LogP contribution in [0.5, 0.6) is 0 Å². The number of piperazine rings is 1. The van der Waals surface area contributed by atoms with Crippen molar-refractivity contribution in [2.24, 2.45) is 5.73 Å². The second-order valence-corrected chi connectivity index (χ2v) is 5.93. The third kappa shape index (κ3) is 4.26.